The lowest BCUT2D eigenvalue weighted by molar-refractivity contribution is 0.0787. The van der Waals surface area contributed by atoms with Gasteiger partial charge >= 0.3 is 5.69 Å². The van der Waals surface area contributed by atoms with Crippen molar-refractivity contribution < 1.29 is 14.6 Å². The molecule has 2 aromatic heterocycles. The van der Waals surface area contributed by atoms with Gasteiger partial charge in [0.15, 0.2) is 0 Å². The minimum absolute atomic E-state index is 0.214. The highest BCUT2D eigenvalue weighted by molar-refractivity contribution is 6.37. The molecule has 6 aromatic rings. The van der Waals surface area contributed by atoms with E-state index in [0.717, 1.165) is 9.95 Å². The van der Waals surface area contributed by atoms with E-state index in [0.29, 0.717) is 66.6 Å². The molecule has 0 unspecified atom stereocenters. The summed E-state index contributed by atoms with van der Waals surface area (Å²) in [5.74, 6) is -0.0932. The molecule has 10 heteroatoms. The number of rotatable bonds is 5. The van der Waals surface area contributed by atoms with Crippen molar-refractivity contribution in [2.75, 3.05) is 7.11 Å². The van der Waals surface area contributed by atoms with Gasteiger partial charge in [0.05, 0.1) is 40.4 Å². The lowest BCUT2D eigenvalue weighted by Crippen LogP contribution is -2.34. The second-order valence-corrected chi connectivity index (χ2v) is 11.6. The zero-order valence-electron chi connectivity index (χ0n) is 24.2. The molecule has 218 valence electrons. The molecular formula is C33H29ClN4O5. The summed E-state index contributed by atoms with van der Waals surface area (Å²) in [6.07, 6.45) is 0. The van der Waals surface area contributed by atoms with E-state index < -0.39 is 22.8 Å². The number of aryl methyl sites for hydroxylation is 1. The standard InChI is InChI=1S/C33H29ClN4O5/c1-15-18(7-6-8-24(15)38-31(40)20-11-12-25(43-5)16(2)28(20)37-32(38)41)26-22(34)14-21(30(35)39)29-27(26)19-10-9-17(33(3,4)42)13-23(19)36-29/h6-14,36,42H,1-5H3,(H2,35,39)(H,37,41). The molecule has 6 rings (SSSR count). The summed E-state index contributed by atoms with van der Waals surface area (Å²) >= 11 is 6.90. The zero-order chi connectivity index (χ0) is 31.0. The molecule has 0 saturated carbocycles. The number of ether oxygens (including phenoxy) is 1. The van der Waals surface area contributed by atoms with Crippen LogP contribution >= 0.6 is 11.6 Å². The van der Waals surface area contributed by atoms with Gasteiger partial charge in [-0.1, -0.05) is 35.9 Å². The Balaban J connectivity index is 1.67. The number of nitrogens with two attached hydrogens (primary N) is 1. The van der Waals surface area contributed by atoms with Gasteiger partial charge in [-0.15, -0.1) is 0 Å². The Bertz CT molecular complexity index is 2270. The summed E-state index contributed by atoms with van der Waals surface area (Å²) in [6.45, 7) is 6.97. The number of amides is 1. The number of H-pyrrole nitrogens is 2. The van der Waals surface area contributed by atoms with Gasteiger partial charge < -0.3 is 25.5 Å². The largest absolute Gasteiger partial charge is 0.496 e. The van der Waals surface area contributed by atoms with Crippen LogP contribution in [0.4, 0.5) is 0 Å². The number of benzene rings is 4. The molecule has 0 atom stereocenters. The summed E-state index contributed by atoms with van der Waals surface area (Å²) in [6, 6.07) is 15.6. The fraction of sp³-hybridized carbons (Fsp3) is 0.182. The number of halogens is 1. The third kappa shape index (κ3) is 4.31. The van der Waals surface area contributed by atoms with E-state index >= 15 is 0 Å². The number of methoxy groups -OCH3 is 1. The van der Waals surface area contributed by atoms with Crippen molar-refractivity contribution in [2.24, 2.45) is 5.73 Å². The van der Waals surface area contributed by atoms with Crippen LogP contribution in [0.15, 0.2) is 64.2 Å². The number of carbonyl (C=O) groups excluding carboxylic acids is 1. The monoisotopic (exact) mass is 596 g/mol. The number of nitrogens with one attached hydrogen (secondary N) is 2. The lowest BCUT2D eigenvalue weighted by atomic mass is 9.92. The molecular weight excluding hydrogens is 568 g/mol. The SMILES string of the molecule is COc1ccc2c(=O)n(-c3cccc(-c4c(Cl)cc(C(N)=O)c5[nH]c6cc(C(C)(C)O)ccc6c45)c3C)c(=O)[nH]c2c1C. The van der Waals surface area contributed by atoms with Crippen molar-refractivity contribution in [3.63, 3.8) is 0 Å². The van der Waals surface area contributed by atoms with Crippen molar-refractivity contribution >= 4 is 50.2 Å². The van der Waals surface area contributed by atoms with E-state index in [1.54, 1.807) is 45.0 Å². The van der Waals surface area contributed by atoms with Crippen LogP contribution < -0.4 is 21.7 Å². The first kappa shape index (κ1) is 28.3. The number of hydrogen-bond acceptors (Lipinski definition) is 5. The minimum Gasteiger partial charge on any atom is -0.496 e. The Kier molecular flexibility index (Phi) is 6.48. The van der Waals surface area contributed by atoms with E-state index in [-0.39, 0.29) is 10.6 Å². The van der Waals surface area contributed by atoms with Gasteiger partial charge in [-0.3, -0.25) is 9.59 Å². The van der Waals surface area contributed by atoms with Crippen LogP contribution in [0, 0.1) is 13.8 Å². The normalized spacial score (nSPS) is 12.0. The van der Waals surface area contributed by atoms with Crippen LogP contribution in [0.1, 0.15) is 40.9 Å². The number of nitrogens with zero attached hydrogens (tertiary/aromatic N) is 1. The Morgan fingerprint density at radius 1 is 0.977 bits per heavy atom. The van der Waals surface area contributed by atoms with Crippen molar-refractivity contribution in [1.82, 2.24) is 14.5 Å². The topological polar surface area (TPSA) is 143 Å². The smallest absolute Gasteiger partial charge is 0.333 e. The van der Waals surface area contributed by atoms with E-state index in [9.17, 15) is 19.5 Å². The molecule has 4 aromatic carbocycles. The van der Waals surface area contributed by atoms with Gasteiger partial charge in [-0.2, -0.15) is 0 Å². The first-order chi connectivity index (χ1) is 20.3. The van der Waals surface area contributed by atoms with Gasteiger partial charge in [0.1, 0.15) is 5.75 Å². The average molecular weight is 597 g/mol. The third-order valence-corrected chi connectivity index (χ3v) is 8.42. The molecule has 0 aliphatic rings. The second-order valence-electron chi connectivity index (χ2n) is 11.2. The quantitative estimate of drug-likeness (QED) is 0.205. The molecule has 0 aliphatic carbocycles. The number of carbonyl (C=O) groups is 1. The fourth-order valence-corrected chi connectivity index (χ4v) is 6.18. The van der Waals surface area contributed by atoms with Crippen molar-refractivity contribution in [3.8, 4) is 22.6 Å². The van der Waals surface area contributed by atoms with Gasteiger partial charge in [-0.05, 0) is 74.7 Å². The highest BCUT2D eigenvalue weighted by atomic mass is 35.5. The molecule has 0 spiro atoms. The number of aromatic nitrogens is 3. The molecule has 0 saturated heterocycles. The van der Waals surface area contributed by atoms with Crippen molar-refractivity contribution in [2.45, 2.75) is 33.3 Å². The van der Waals surface area contributed by atoms with Crippen molar-refractivity contribution in [1.29, 1.82) is 0 Å². The third-order valence-electron chi connectivity index (χ3n) is 8.12. The minimum atomic E-state index is -1.09. The van der Waals surface area contributed by atoms with Crippen LogP contribution in [-0.2, 0) is 5.60 Å². The lowest BCUT2D eigenvalue weighted by Gasteiger charge is -2.18. The Morgan fingerprint density at radius 2 is 1.70 bits per heavy atom. The van der Waals surface area contributed by atoms with E-state index in [4.69, 9.17) is 22.1 Å². The molecule has 0 aliphatic heterocycles. The number of fused-ring (bicyclic) bond motifs is 4. The maximum atomic E-state index is 13.7. The maximum Gasteiger partial charge on any atom is 0.333 e. The fourth-order valence-electron chi connectivity index (χ4n) is 5.87. The molecule has 43 heavy (non-hydrogen) atoms. The van der Waals surface area contributed by atoms with Crippen molar-refractivity contribution in [3.05, 3.63) is 103 Å². The summed E-state index contributed by atoms with van der Waals surface area (Å²) in [7, 11) is 1.53. The molecule has 0 radical (unpaired) electrons. The molecule has 1 amide bonds. The predicted octanol–water partition coefficient (Wildman–Crippen LogP) is 5.59. The van der Waals surface area contributed by atoms with Crippen LogP contribution in [0.25, 0.3) is 49.5 Å². The van der Waals surface area contributed by atoms with Crippen LogP contribution in [0.5, 0.6) is 5.75 Å². The van der Waals surface area contributed by atoms with Crippen LogP contribution in [-0.4, -0.2) is 32.7 Å². The molecule has 0 fully saturated rings. The van der Waals surface area contributed by atoms with Gasteiger partial charge in [0, 0.05) is 32.4 Å². The van der Waals surface area contributed by atoms with Crippen LogP contribution in [0.3, 0.4) is 0 Å². The Labute approximate surface area is 250 Å². The highest BCUT2D eigenvalue weighted by Gasteiger charge is 2.24. The summed E-state index contributed by atoms with van der Waals surface area (Å²) in [4.78, 5) is 45.8. The number of aromatic amines is 2. The maximum absolute atomic E-state index is 13.7. The number of primary amides is 1. The highest BCUT2D eigenvalue weighted by Crippen LogP contribution is 2.43. The predicted molar refractivity (Wildman–Crippen MR) is 170 cm³/mol. The first-order valence-corrected chi connectivity index (χ1v) is 13.9. The van der Waals surface area contributed by atoms with Gasteiger partial charge in [0.25, 0.3) is 11.5 Å². The van der Waals surface area contributed by atoms with Crippen LogP contribution in [0.2, 0.25) is 5.02 Å². The van der Waals surface area contributed by atoms with Gasteiger partial charge in [-0.25, -0.2) is 9.36 Å². The first-order valence-electron chi connectivity index (χ1n) is 13.6. The van der Waals surface area contributed by atoms with E-state index in [1.165, 1.54) is 13.2 Å². The molecule has 0 bridgehead atoms. The van der Waals surface area contributed by atoms with E-state index in [1.807, 2.05) is 31.2 Å². The summed E-state index contributed by atoms with van der Waals surface area (Å²) in [5, 5.41) is 12.6. The molecule has 2 heterocycles. The number of hydrogen-bond donors (Lipinski definition) is 4. The Morgan fingerprint density at radius 3 is 2.37 bits per heavy atom. The average Bonchev–Trinajstić information content (AvgIpc) is 3.32. The zero-order valence-corrected chi connectivity index (χ0v) is 24.9. The molecule has 5 N–H and O–H groups in total. The molecule has 9 nitrogen and oxygen atoms in total. The summed E-state index contributed by atoms with van der Waals surface area (Å²) in [5.41, 5.74) is 9.00. The summed E-state index contributed by atoms with van der Waals surface area (Å²) < 4.78 is 6.47. The number of aliphatic hydroxyl groups is 1. The van der Waals surface area contributed by atoms with E-state index in [2.05, 4.69) is 9.97 Å². The van der Waals surface area contributed by atoms with Gasteiger partial charge in [0.2, 0.25) is 0 Å². The Hall–Kier alpha value is -4.86. The second kappa shape index (κ2) is 9.86.